The smallest absolute Gasteiger partial charge is 0.136 e. The molecule has 4 aromatic rings. The number of nitrogens with one attached hydrogen (secondary N) is 2. The Bertz CT molecular complexity index is 1410. The SMILES string of the molecule is CCN1CCC(c2ccc(Nc3nc(-c4ccc(OCc5ccccc5)cc4)cc4c3CNC=C4)cc2)CC1. The summed E-state index contributed by atoms with van der Waals surface area (Å²) in [5.41, 5.74) is 8.04. The van der Waals surface area contributed by atoms with E-state index in [4.69, 9.17) is 9.72 Å². The Morgan fingerprint density at radius 2 is 1.72 bits per heavy atom. The van der Waals surface area contributed by atoms with Crippen LogP contribution in [0.2, 0.25) is 0 Å². The predicted octanol–water partition coefficient (Wildman–Crippen LogP) is 7.34. The lowest BCUT2D eigenvalue weighted by atomic mass is 9.89. The second-order valence-corrected chi connectivity index (χ2v) is 10.4. The molecule has 0 amide bonds. The topological polar surface area (TPSA) is 49.4 Å². The number of hydrogen-bond donors (Lipinski definition) is 2. The average Bonchev–Trinajstić information content (AvgIpc) is 3.01. The molecule has 2 aliphatic rings. The Morgan fingerprint density at radius 1 is 0.949 bits per heavy atom. The molecule has 0 saturated carbocycles. The summed E-state index contributed by atoms with van der Waals surface area (Å²) in [4.78, 5) is 7.62. The Kier molecular flexibility index (Phi) is 7.59. The predicted molar refractivity (Wildman–Crippen MR) is 160 cm³/mol. The van der Waals surface area contributed by atoms with E-state index in [1.54, 1.807) is 0 Å². The lowest BCUT2D eigenvalue weighted by molar-refractivity contribution is 0.222. The molecule has 39 heavy (non-hydrogen) atoms. The normalized spacial score (nSPS) is 15.4. The highest BCUT2D eigenvalue weighted by atomic mass is 16.5. The highest BCUT2D eigenvalue weighted by Crippen LogP contribution is 2.32. The number of pyridine rings is 1. The van der Waals surface area contributed by atoms with Crippen LogP contribution in [0.4, 0.5) is 11.5 Å². The lowest BCUT2D eigenvalue weighted by Crippen LogP contribution is -2.32. The monoisotopic (exact) mass is 516 g/mol. The standard InChI is InChI=1S/C34H36N4O/c1-2-38-20-17-27(18-21-38)26-8-12-30(13-9-26)36-34-32-23-35-19-16-29(32)22-33(37-34)28-10-14-31(15-11-28)39-24-25-6-4-3-5-7-25/h3-16,19,22,27,35H,2,17-18,20-21,23-24H2,1H3,(H,36,37). The lowest BCUT2D eigenvalue weighted by Gasteiger charge is -2.31. The van der Waals surface area contributed by atoms with E-state index in [1.165, 1.54) is 42.6 Å². The first-order valence-corrected chi connectivity index (χ1v) is 14.1. The fraction of sp³-hybridized carbons (Fsp3) is 0.265. The van der Waals surface area contributed by atoms with Crippen LogP contribution in [0.5, 0.6) is 5.75 Å². The van der Waals surface area contributed by atoms with Crippen LogP contribution in [0.25, 0.3) is 17.3 Å². The highest BCUT2D eigenvalue weighted by Gasteiger charge is 2.20. The van der Waals surface area contributed by atoms with Crippen LogP contribution >= 0.6 is 0 Å². The minimum absolute atomic E-state index is 0.555. The van der Waals surface area contributed by atoms with Crippen molar-refractivity contribution in [2.75, 3.05) is 25.0 Å². The Hall–Kier alpha value is -4.09. The van der Waals surface area contributed by atoms with Crippen molar-refractivity contribution in [1.82, 2.24) is 15.2 Å². The van der Waals surface area contributed by atoms with Crippen molar-refractivity contribution in [3.05, 3.63) is 113 Å². The largest absolute Gasteiger partial charge is 0.489 e. The summed E-state index contributed by atoms with van der Waals surface area (Å²) in [6, 6.07) is 29.6. The zero-order chi connectivity index (χ0) is 26.4. The number of aromatic nitrogens is 1. The molecular weight excluding hydrogens is 480 g/mol. The maximum absolute atomic E-state index is 5.99. The van der Waals surface area contributed by atoms with E-state index in [2.05, 4.69) is 83.1 Å². The molecule has 0 spiro atoms. The summed E-state index contributed by atoms with van der Waals surface area (Å²) in [5.74, 6) is 2.40. The highest BCUT2D eigenvalue weighted by molar-refractivity contribution is 5.74. The van der Waals surface area contributed by atoms with E-state index in [-0.39, 0.29) is 0 Å². The maximum atomic E-state index is 5.99. The second-order valence-electron chi connectivity index (χ2n) is 10.4. The molecule has 0 aliphatic carbocycles. The van der Waals surface area contributed by atoms with Gasteiger partial charge in [0, 0.05) is 23.4 Å². The van der Waals surface area contributed by atoms with Crippen LogP contribution in [0.3, 0.4) is 0 Å². The first-order valence-electron chi connectivity index (χ1n) is 14.1. The number of nitrogens with zero attached hydrogens (tertiary/aromatic N) is 2. The number of hydrogen-bond acceptors (Lipinski definition) is 5. The van der Waals surface area contributed by atoms with Crippen LogP contribution < -0.4 is 15.4 Å². The van der Waals surface area contributed by atoms with Gasteiger partial charge in [-0.3, -0.25) is 0 Å². The van der Waals surface area contributed by atoms with E-state index < -0.39 is 0 Å². The minimum atomic E-state index is 0.555. The summed E-state index contributed by atoms with van der Waals surface area (Å²) < 4.78 is 5.99. The molecule has 1 aromatic heterocycles. The zero-order valence-corrected chi connectivity index (χ0v) is 22.6. The summed E-state index contributed by atoms with van der Waals surface area (Å²) >= 11 is 0. The summed E-state index contributed by atoms with van der Waals surface area (Å²) in [6.07, 6.45) is 6.62. The second kappa shape index (κ2) is 11.7. The van der Waals surface area contributed by atoms with Crippen molar-refractivity contribution in [3.63, 3.8) is 0 Å². The van der Waals surface area contributed by atoms with Gasteiger partial charge in [-0.2, -0.15) is 0 Å². The fourth-order valence-electron chi connectivity index (χ4n) is 5.51. The van der Waals surface area contributed by atoms with Crippen molar-refractivity contribution in [2.24, 2.45) is 0 Å². The van der Waals surface area contributed by atoms with Crippen LogP contribution in [0.15, 0.2) is 91.1 Å². The van der Waals surface area contributed by atoms with E-state index in [9.17, 15) is 0 Å². The van der Waals surface area contributed by atoms with Crippen molar-refractivity contribution in [3.8, 4) is 17.0 Å². The number of piperidine rings is 1. The first kappa shape index (κ1) is 25.2. The van der Waals surface area contributed by atoms with Crippen LogP contribution in [-0.2, 0) is 13.2 Å². The number of likely N-dealkylation sites (tertiary alicyclic amines) is 1. The summed E-state index contributed by atoms with van der Waals surface area (Å²) in [5, 5.41) is 6.96. The number of anilines is 2. The molecule has 0 unspecified atom stereocenters. The van der Waals surface area contributed by atoms with E-state index in [0.29, 0.717) is 12.5 Å². The fourth-order valence-corrected chi connectivity index (χ4v) is 5.51. The number of fused-ring (bicyclic) bond motifs is 1. The van der Waals surface area contributed by atoms with Gasteiger partial charge in [0.15, 0.2) is 0 Å². The van der Waals surface area contributed by atoms with Crippen molar-refractivity contribution < 1.29 is 4.74 Å². The summed E-state index contributed by atoms with van der Waals surface area (Å²) in [6.45, 7) is 7.11. The third-order valence-corrected chi connectivity index (χ3v) is 7.90. The molecule has 2 N–H and O–H groups in total. The third kappa shape index (κ3) is 5.99. The Balaban J connectivity index is 1.19. The molecule has 1 saturated heterocycles. The first-order chi connectivity index (χ1) is 19.2. The van der Waals surface area contributed by atoms with Gasteiger partial charge >= 0.3 is 0 Å². The van der Waals surface area contributed by atoms with E-state index in [1.807, 2.05) is 36.5 Å². The molecule has 1 fully saturated rings. The number of ether oxygens (including phenoxy) is 1. The minimum Gasteiger partial charge on any atom is -0.489 e. The maximum Gasteiger partial charge on any atom is 0.136 e. The van der Waals surface area contributed by atoms with Gasteiger partial charge in [0.1, 0.15) is 18.2 Å². The number of benzene rings is 3. The van der Waals surface area contributed by atoms with Crippen molar-refractivity contribution in [1.29, 1.82) is 0 Å². The van der Waals surface area contributed by atoms with Gasteiger partial charge in [-0.05, 0) is 110 Å². The molecule has 2 aliphatic heterocycles. The van der Waals surface area contributed by atoms with Gasteiger partial charge in [0.25, 0.3) is 0 Å². The van der Waals surface area contributed by atoms with Crippen LogP contribution in [0, 0.1) is 0 Å². The Labute approximate surface area is 231 Å². The molecule has 0 bridgehead atoms. The van der Waals surface area contributed by atoms with E-state index >= 15 is 0 Å². The molecule has 3 aromatic carbocycles. The zero-order valence-electron chi connectivity index (χ0n) is 22.6. The molecular formula is C34H36N4O. The van der Waals surface area contributed by atoms with Crippen LogP contribution in [0.1, 0.15) is 47.9 Å². The van der Waals surface area contributed by atoms with Crippen molar-refractivity contribution in [2.45, 2.75) is 38.8 Å². The molecule has 198 valence electrons. The number of rotatable bonds is 8. The van der Waals surface area contributed by atoms with Crippen LogP contribution in [-0.4, -0.2) is 29.5 Å². The molecule has 0 radical (unpaired) electrons. The van der Waals surface area contributed by atoms with Gasteiger partial charge in [0.05, 0.1) is 5.69 Å². The molecule has 0 atom stereocenters. The van der Waals surface area contributed by atoms with Gasteiger partial charge in [-0.1, -0.05) is 49.4 Å². The Morgan fingerprint density at radius 3 is 2.46 bits per heavy atom. The van der Waals surface area contributed by atoms with Gasteiger partial charge < -0.3 is 20.3 Å². The molecule has 5 nitrogen and oxygen atoms in total. The quantitative estimate of drug-likeness (QED) is 0.257. The van der Waals surface area contributed by atoms with Gasteiger partial charge in [-0.15, -0.1) is 0 Å². The molecule has 3 heterocycles. The molecule has 6 rings (SSSR count). The van der Waals surface area contributed by atoms with Crippen molar-refractivity contribution >= 4 is 17.6 Å². The van der Waals surface area contributed by atoms with E-state index in [0.717, 1.165) is 47.2 Å². The average molecular weight is 517 g/mol. The summed E-state index contributed by atoms with van der Waals surface area (Å²) in [7, 11) is 0. The molecule has 5 heteroatoms. The van der Waals surface area contributed by atoms with Gasteiger partial charge in [-0.25, -0.2) is 4.98 Å². The third-order valence-electron chi connectivity index (χ3n) is 7.90. The van der Waals surface area contributed by atoms with Gasteiger partial charge in [0.2, 0.25) is 0 Å².